The van der Waals surface area contributed by atoms with Crippen molar-refractivity contribution in [3.05, 3.63) is 77.1 Å². The van der Waals surface area contributed by atoms with Crippen LogP contribution in [0.25, 0.3) is 11.2 Å². The van der Waals surface area contributed by atoms with Gasteiger partial charge in [-0.15, -0.1) is 5.10 Å². The number of hydrogen-bond donors (Lipinski definition) is 1. The fourth-order valence-electron chi connectivity index (χ4n) is 3.89. The fraction of sp³-hybridized carbons (Fsp3) is 0.238. The molecule has 0 radical (unpaired) electrons. The Morgan fingerprint density at radius 3 is 2.82 bits per heavy atom. The minimum Gasteiger partial charge on any atom is -0.306 e. The van der Waals surface area contributed by atoms with Crippen LogP contribution in [0.2, 0.25) is 5.02 Å². The summed E-state index contributed by atoms with van der Waals surface area (Å²) >= 11 is 5.84. The maximum Gasteiger partial charge on any atom is 0.261 e. The Labute approximate surface area is 198 Å². The monoisotopic (exact) mass is 500 g/mol. The minimum atomic E-state index is -4.01. The number of sulfonamides is 1. The molecule has 10 nitrogen and oxygen atoms in total. The van der Waals surface area contributed by atoms with Gasteiger partial charge in [-0.25, -0.2) is 32.2 Å². The average Bonchev–Trinajstić information content (AvgIpc) is 3.22. The summed E-state index contributed by atoms with van der Waals surface area (Å²) in [5.74, 6) is -0.0296. The van der Waals surface area contributed by atoms with Gasteiger partial charge in [-0.1, -0.05) is 22.9 Å². The molecule has 5 heterocycles. The van der Waals surface area contributed by atoms with Crippen LogP contribution in [-0.2, 0) is 23.1 Å². The zero-order chi connectivity index (χ0) is 23.4. The molecular formula is C21H18ClFN8O2S. The van der Waals surface area contributed by atoms with E-state index in [-0.39, 0.29) is 34.3 Å². The van der Waals surface area contributed by atoms with E-state index in [1.165, 1.54) is 46.1 Å². The van der Waals surface area contributed by atoms with Gasteiger partial charge in [0.2, 0.25) is 5.03 Å². The van der Waals surface area contributed by atoms with Gasteiger partial charge in [0.05, 0.1) is 42.0 Å². The summed E-state index contributed by atoms with van der Waals surface area (Å²) in [6.45, 7) is 0.0249. The average molecular weight is 501 g/mol. The van der Waals surface area contributed by atoms with Crippen molar-refractivity contribution in [3.63, 3.8) is 0 Å². The van der Waals surface area contributed by atoms with Crippen LogP contribution in [0.1, 0.15) is 35.7 Å². The molecule has 0 unspecified atom stereocenters. The lowest BCUT2D eigenvalue weighted by Crippen LogP contribution is -2.24. The van der Waals surface area contributed by atoms with Gasteiger partial charge in [0.25, 0.3) is 10.0 Å². The first kappa shape index (κ1) is 21.2. The molecule has 0 aliphatic heterocycles. The van der Waals surface area contributed by atoms with E-state index in [1.54, 1.807) is 6.20 Å². The third-order valence-electron chi connectivity index (χ3n) is 5.79. The Bertz CT molecular complexity index is 1650. The van der Waals surface area contributed by atoms with Crippen molar-refractivity contribution in [2.24, 2.45) is 0 Å². The van der Waals surface area contributed by atoms with E-state index in [2.05, 4.69) is 37.3 Å². The number of rotatable bonds is 7. The molecule has 0 saturated heterocycles. The molecule has 1 fully saturated rings. The molecule has 6 rings (SSSR count). The molecule has 1 aliphatic carbocycles. The van der Waals surface area contributed by atoms with Crippen molar-refractivity contribution in [1.82, 2.24) is 38.5 Å². The summed E-state index contributed by atoms with van der Waals surface area (Å²) in [5.41, 5.74) is 3.14. The van der Waals surface area contributed by atoms with Gasteiger partial charge in [-0.05, 0) is 36.5 Å². The summed E-state index contributed by atoms with van der Waals surface area (Å²) in [6.07, 6.45) is 10.7. The molecule has 0 atom stereocenters. The summed E-state index contributed by atoms with van der Waals surface area (Å²) in [5, 5.41) is 7.38. The Kier molecular flexibility index (Phi) is 4.90. The fourth-order valence-corrected chi connectivity index (χ4v) is 4.92. The number of fused-ring (bicyclic) bond motifs is 2. The quantitative estimate of drug-likeness (QED) is 0.368. The van der Waals surface area contributed by atoms with Gasteiger partial charge in [0.15, 0.2) is 5.82 Å². The highest BCUT2D eigenvalue weighted by Crippen LogP contribution is 2.39. The second-order valence-electron chi connectivity index (χ2n) is 8.24. The Hall–Kier alpha value is -3.35. The smallest absolute Gasteiger partial charge is 0.261 e. The Balaban J connectivity index is 1.18. The number of imidazole rings is 2. The number of hydrogen-bond acceptors (Lipinski definition) is 6. The standard InChI is InChI=1S/C21H18ClFN8O2S/c22-16-5-6-29-12-24-17(21(29)20(16)23)7-25-34(32,33)19-11-31(28-27-19)10-15-9-30-8-14(13-1-2-13)3-4-18(30)26-15/h3-6,8-9,11-13,25H,1-2,7,10H2. The van der Waals surface area contributed by atoms with Crippen molar-refractivity contribution in [1.29, 1.82) is 0 Å². The highest BCUT2D eigenvalue weighted by atomic mass is 35.5. The molecule has 0 bridgehead atoms. The molecule has 1 N–H and O–H groups in total. The molecule has 174 valence electrons. The molecule has 0 aromatic carbocycles. The molecular weight excluding hydrogens is 483 g/mol. The van der Waals surface area contributed by atoms with Crippen LogP contribution in [0.5, 0.6) is 0 Å². The van der Waals surface area contributed by atoms with Gasteiger partial charge >= 0.3 is 0 Å². The van der Waals surface area contributed by atoms with Crippen molar-refractivity contribution in [3.8, 4) is 0 Å². The number of nitrogens with one attached hydrogen (secondary N) is 1. The molecule has 5 aromatic rings. The topological polar surface area (TPSA) is 111 Å². The van der Waals surface area contributed by atoms with E-state index in [1.807, 2.05) is 16.7 Å². The van der Waals surface area contributed by atoms with E-state index in [4.69, 9.17) is 11.6 Å². The van der Waals surface area contributed by atoms with E-state index >= 15 is 0 Å². The number of halogens is 2. The summed E-state index contributed by atoms with van der Waals surface area (Å²) in [7, 11) is -4.01. The van der Waals surface area contributed by atoms with Crippen molar-refractivity contribution in [2.75, 3.05) is 0 Å². The minimum absolute atomic E-state index is 0.0734. The van der Waals surface area contributed by atoms with E-state index in [9.17, 15) is 12.8 Å². The van der Waals surface area contributed by atoms with E-state index in [0.29, 0.717) is 5.92 Å². The van der Waals surface area contributed by atoms with Crippen molar-refractivity contribution >= 4 is 32.8 Å². The lowest BCUT2D eigenvalue weighted by molar-refractivity contribution is 0.576. The summed E-state index contributed by atoms with van der Waals surface area (Å²) < 4.78 is 47.0. The first-order valence-corrected chi connectivity index (χ1v) is 12.4. The number of aromatic nitrogens is 7. The van der Waals surface area contributed by atoms with Crippen LogP contribution in [0.4, 0.5) is 4.39 Å². The molecule has 13 heteroatoms. The second-order valence-corrected chi connectivity index (χ2v) is 10.4. The van der Waals surface area contributed by atoms with Gasteiger partial charge in [-0.2, -0.15) is 0 Å². The van der Waals surface area contributed by atoms with Crippen molar-refractivity contribution < 1.29 is 12.8 Å². The summed E-state index contributed by atoms with van der Waals surface area (Å²) in [6, 6.07) is 5.47. The predicted octanol–water partition coefficient (Wildman–Crippen LogP) is 2.77. The molecule has 34 heavy (non-hydrogen) atoms. The first-order chi connectivity index (χ1) is 16.4. The first-order valence-electron chi connectivity index (χ1n) is 10.5. The number of nitrogens with zero attached hydrogens (tertiary/aromatic N) is 7. The van der Waals surface area contributed by atoms with Gasteiger partial charge in [-0.3, -0.25) is 0 Å². The van der Waals surface area contributed by atoms with Crippen LogP contribution in [0, 0.1) is 5.82 Å². The SMILES string of the molecule is O=S(=O)(NCc1ncn2ccc(Cl)c(F)c12)c1cn(Cc2cn3cc(C4CC4)ccc3n2)nn1. The molecule has 5 aromatic heterocycles. The third kappa shape index (κ3) is 3.83. The highest BCUT2D eigenvalue weighted by molar-refractivity contribution is 7.89. The van der Waals surface area contributed by atoms with Crippen LogP contribution in [0.15, 0.2) is 54.3 Å². The largest absolute Gasteiger partial charge is 0.306 e. The van der Waals surface area contributed by atoms with E-state index in [0.717, 1.165) is 11.3 Å². The van der Waals surface area contributed by atoms with Crippen LogP contribution in [-0.4, -0.2) is 42.2 Å². The maximum absolute atomic E-state index is 14.4. The number of pyridine rings is 2. The highest BCUT2D eigenvalue weighted by Gasteiger charge is 2.24. The lowest BCUT2D eigenvalue weighted by Gasteiger charge is -2.04. The van der Waals surface area contributed by atoms with Crippen LogP contribution < -0.4 is 4.72 Å². The van der Waals surface area contributed by atoms with Crippen LogP contribution >= 0.6 is 11.6 Å². The predicted molar refractivity (Wildman–Crippen MR) is 120 cm³/mol. The Morgan fingerprint density at radius 1 is 1.15 bits per heavy atom. The lowest BCUT2D eigenvalue weighted by atomic mass is 10.2. The second kappa shape index (κ2) is 7.86. The molecule has 1 saturated carbocycles. The zero-order valence-corrected chi connectivity index (χ0v) is 19.2. The van der Waals surface area contributed by atoms with Crippen LogP contribution in [0.3, 0.4) is 0 Å². The van der Waals surface area contributed by atoms with Gasteiger partial charge in [0, 0.05) is 18.6 Å². The third-order valence-corrected chi connectivity index (χ3v) is 7.34. The normalized spacial score (nSPS) is 14.4. The van der Waals surface area contributed by atoms with E-state index < -0.39 is 15.8 Å². The summed E-state index contributed by atoms with van der Waals surface area (Å²) in [4.78, 5) is 8.65. The van der Waals surface area contributed by atoms with Gasteiger partial charge < -0.3 is 8.80 Å². The molecule has 0 amide bonds. The zero-order valence-electron chi connectivity index (χ0n) is 17.6. The van der Waals surface area contributed by atoms with Crippen molar-refractivity contribution in [2.45, 2.75) is 36.9 Å². The maximum atomic E-state index is 14.4. The Morgan fingerprint density at radius 2 is 2.00 bits per heavy atom. The van der Waals surface area contributed by atoms with Gasteiger partial charge in [0.1, 0.15) is 11.2 Å². The molecule has 1 aliphatic rings. The molecule has 0 spiro atoms.